The van der Waals surface area contributed by atoms with E-state index in [1.54, 1.807) is 12.2 Å². The molecule has 0 radical (unpaired) electrons. The molecule has 0 saturated heterocycles. The number of carbonyl (C=O) groups excluding carboxylic acids is 1. The van der Waals surface area contributed by atoms with Crippen LogP contribution < -0.4 is 5.32 Å². The van der Waals surface area contributed by atoms with Gasteiger partial charge in [-0.2, -0.15) is 0 Å². The average molecular weight is 323 g/mol. The van der Waals surface area contributed by atoms with Gasteiger partial charge in [0.05, 0.1) is 16.7 Å². The molecule has 1 aliphatic carbocycles. The Balaban J connectivity index is 2.11. The maximum Gasteiger partial charge on any atom is 0.307 e. The first-order valence-electron chi connectivity index (χ1n) is 6.78. The molecule has 1 aromatic carbocycles. The number of carbonyl (C=O) groups is 2. The lowest BCUT2D eigenvalue weighted by Gasteiger charge is -2.24. The highest BCUT2D eigenvalue weighted by molar-refractivity contribution is 7.90. The summed E-state index contributed by atoms with van der Waals surface area (Å²) in [5.41, 5.74) is 0.441. The van der Waals surface area contributed by atoms with Crippen LogP contribution in [0, 0.1) is 11.8 Å². The van der Waals surface area contributed by atoms with Crippen molar-refractivity contribution in [2.75, 3.05) is 11.6 Å². The van der Waals surface area contributed by atoms with Crippen molar-refractivity contribution in [2.45, 2.75) is 17.7 Å². The zero-order chi connectivity index (χ0) is 16.3. The SMILES string of the molecule is CS(=O)(=O)c1ccc(NC(=O)[C@H]2CC=CC[C@H]2C(=O)O)cc1. The molecule has 2 rings (SSSR count). The highest BCUT2D eigenvalue weighted by Crippen LogP contribution is 2.27. The van der Waals surface area contributed by atoms with E-state index in [4.69, 9.17) is 5.11 Å². The number of amides is 1. The number of carboxylic acid groups (broad SMARTS) is 1. The molecule has 0 spiro atoms. The second kappa shape index (κ2) is 6.31. The molecule has 0 aromatic heterocycles. The predicted octanol–water partition coefficient (Wildman–Crippen LogP) is 1.70. The summed E-state index contributed by atoms with van der Waals surface area (Å²) in [5, 5.41) is 11.8. The van der Waals surface area contributed by atoms with E-state index in [-0.39, 0.29) is 10.8 Å². The molecule has 0 bridgehead atoms. The number of allylic oxidation sites excluding steroid dienone is 2. The number of hydrogen-bond donors (Lipinski definition) is 2. The van der Waals surface area contributed by atoms with E-state index < -0.39 is 27.6 Å². The summed E-state index contributed by atoms with van der Waals surface area (Å²) >= 11 is 0. The number of rotatable bonds is 4. The minimum atomic E-state index is -3.29. The van der Waals surface area contributed by atoms with Crippen LogP contribution in [0.15, 0.2) is 41.3 Å². The Hall–Kier alpha value is -2.15. The third-order valence-corrected chi connectivity index (χ3v) is 4.76. The second-order valence-corrected chi connectivity index (χ2v) is 7.30. The lowest BCUT2D eigenvalue weighted by atomic mass is 9.82. The van der Waals surface area contributed by atoms with Gasteiger partial charge >= 0.3 is 5.97 Å². The van der Waals surface area contributed by atoms with E-state index in [0.717, 1.165) is 6.26 Å². The average Bonchev–Trinajstić information content (AvgIpc) is 2.46. The molecule has 118 valence electrons. The standard InChI is InChI=1S/C15H17NO5S/c1-22(20,21)11-8-6-10(7-9-11)16-14(17)12-4-2-3-5-13(12)15(18)19/h2-3,6-9,12-13H,4-5H2,1H3,(H,16,17)(H,18,19)/t12-,13+/m0/s1. The number of hydrogen-bond acceptors (Lipinski definition) is 4. The van der Waals surface area contributed by atoms with Crippen molar-refractivity contribution in [3.63, 3.8) is 0 Å². The first kappa shape index (κ1) is 16.2. The Labute approximate surface area is 128 Å². The zero-order valence-corrected chi connectivity index (χ0v) is 12.8. The molecule has 7 heteroatoms. The largest absolute Gasteiger partial charge is 0.481 e. The molecule has 2 atom stereocenters. The number of benzene rings is 1. The molecule has 0 fully saturated rings. The van der Waals surface area contributed by atoms with Crippen molar-refractivity contribution in [1.82, 2.24) is 0 Å². The molecule has 1 amide bonds. The lowest BCUT2D eigenvalue weighted by molar-refractivity contribution is -0.146. The van der Waals surface area contributed by atoms with Gasteiger partial charge in [0.1, 0.15) is 0 Å². The van der Waals surface area contributed by atoms with Gasteiger partial charge in [0.2, 0.25) is 5.91 Å². The lowest BCUT2D eigenvalue weighted by Crippen LogP contribution is -2.34. The maximum absolute atomic E-state index is 12.2. The Morgan fingerprint density at radius 2 is 1.64 bits per heavy atom. The van der Waals surface area contributed by atoms with Gasteiger partial charge in [-0.15, -0.1) is 0 Å². The molecule has 0 unspecified atom stereocenters. The predicted molar refractivity (Wildman–Crippen MR) is 81.2 cm³/mol. The summed E-state index contributed by atoms with van der Waals surface area (Å²) in [6, 6.07) is 5.78. The van der Waals surface area contributed by atoms with Gasteiger partial charge in [0.15, 0.2) is 9.84 Å². The fourth-order valence-corrected chi connectivity index (χ4v) is 3.03. The summed E-state index contributed by atoms with van der Waals surface area (Å²) < 4.78 is 22.7. The van der Waals surface area contributed by atoms with Crippen LogP contribution in [-0.4, -0.2) is 31.7 Å². The van der Waals surface area contributed by atoms with E-state index in [2.05, 4.69) is 5.32 Å². The third kappa shape index (κ3) is 3.73. The summed E-state index contributed by atoms with van der Waals surface area (Å²) in [5.74, 6) is -2.72. The Kier molecular flexibility index (Phi) is 4.65. The van der Waals surface area contributed by atoms with Gasteiger partial charge < -0.3 is 10.4 Å². The topological polar surface area (TPSA) is 101 Å². The zero-order valence-electron chi connectivity index (χ0n) is 12.0. The Morgan fingerprint density at radius 3 is 2.14 bits per heavy atom. The van der Waals surface area contributed by atoms with Crippen LogP contribution in [0.2, 0.25) is 0 Å². The summed E-state index contributed by atoms with van der Waals surface area (Å²) in [6.45, 7) is 0. The number of aliphatic carboxylic acids is 1. The van der Waals surface area contributed by atoms with Gasteiger partial charge in [-0.25, -0.2) is 8.42 Å². The van der Waals surface area contributed by atoms with Crippen molar-refractivity contribution in [3.8, 4) is 0 Å². The number of carboxylic acids is 1. The monoisotopic (exact) mass is 323 g/mol. The van der Waals surface area contributed by atoms with Crippen LogP contribution in [-0.2, 0) is 19.4 Å². The van der Waals surface area contributed by atoms with Crippen LogP contribution in [0.25, 0.3) is 0 Å². The van der Waals surface area contributed by atoms with Gasteiger partial charge in [0.25, 0.3) is 0 Å². The van der Waals surface area contributed by atoms with Crippen molar-refractivity contribution >= 4 is 27.4 Å². The number of anilines is 1. The number of sulfone groups is 1. The fourth-order valence-electron chi connectivity index (χ4n) is 2.40. The van der Waals surface area contributed by atoms with Crippen LogP contribution in [0.3, 0.4) is 0 Å². The van der Waals surface area contributed by atoms with Gasteiger partial charge in [-0.1, -0.05) is 12.2 Å². The maximum atomic E-state index is 12.2. The molecule has 6 nitrogen and oxygen atoms in total. The molecule has 22 heavy (non-hydrogen) atoms. The third-order valence-electron chi connectivity index (χ3n) is 3.64. The Morgan fingerprint density at radius 1 is 1.09 bits per heavy atom. The van der Waals surface area contributed by atoms with Gasteiger partial charge in [0, 0.05) is 11.9 Å². The quantitative estimate of drug-likeness (QED) is 0.821. The first-order valence-corrected chi connectivity index (χ1v) is 8.67. The fraction of sp³-hybridized carbons (Fsp3) is 0.333. The highest BCUT2D eigenvalue weighted by Gasteiger charge is 2.33. The van der Waals surface area contributed by atoms with E-state index >= 15 is 0 Å². The van der Waals surface area contributed by atoms with Crippen molar-refractivity contribution in [2.24, 2.45) is 11.8 Å². The molecule has 0 aliphatic heterocycles. The van der Waals surface area contributed by atoms with Crippen molar-refractivity contribution in [3.05, 3.63) is 36.4 Å². The molecular formula is C15H17NO5S. The van der Waals surface area contributed by atoms with E-state index in [0.29, 0.717) is 18.5 Å². The molecule has 1 aromatic rings. The van der Waals surface area contributed by atoms with E-state index in [9.17, 15) is 18.0 Å². The van der Waals surface area contributed by atoms with E-state index in [1.807, 2.05) is 0 Å². The second-order valence-electron chi connectivity index (χ2n) is 5.28. The highest BCUT2D eigenvalue weighted by atomic mass is 32.2. The molecular weight excluding hydrogens is 306 g/mol. The smallest absolute Gasteiger partial charge is 0.307 e. The normalized spacial score (nSPS) is 21.3. The Bertz CT molecular complexity index is 706. The van der Waals surface area contributed by atoms with E-state index in [1.165, 1.54) is 24.3 Å². The van der Waals surface area contributed by atoms with Gasteiger partial charge in [-0.3, -0.25) is 9.59 Å². The summed E-state index contributed by atoms with van der Waals surface area (Å²) in [7, 11) is -3.29. The van der Waals surface area contributed by atoms with Crippen LogP contribution >= 0.6 is 0 Å². The molecule has 0 saturated carbocycles. The van der Waals surface area contributed by atoms with Crippen LogP contribution in [0.4, 0.5) is 5.69 Å². The minimum absolute atomic E-state index is 0.162. The summed E-state index contributed by atoms with van der Waals surface area (Å²) in [4.78, 5) is 23.6. The van der Waals surface area contributed by atoms with Crippen LogP contribution in [0.5, 0.6) is 0 Å². The molecule has 0 heterocycles. The van der Waals surface area contributed by atoms with Crippen molar-refractivity contribution in [1.29, 1.82) is 0 Å². The number of nitrogens with one attached hydrogen (secondary N) is 1. The summed E-state index contributed by atoms with van der Waals surface area (Å²) in [6.07, 6.45) is 5.39. The first-order chi connectivity index (χ1) is 10.3. The molecule has 1 aliphatic rings. The molecule has 2 N–H and O–H groups in total. The minimum Gasteiger partial charge on any atom is -0.481 e. The van der Waals surface area contributed by atoms with Crippen molar-refractivity contribution < 1.29 is 23.1 Å². The van der Waals surface area contributed by atoms with Crippen LogP contribution in [0.1, 0.15) is 12.8 Å². The van der Waals surface area contributed by atoms with Gasteiger partial charge in [-0.05, 0) is 37.1 Å².